The van der Waals surface area contributed by atoms with Crippen molar-refractivity contribution in [3.63, 3.8) is 0 Å². The monoisotopic (exact) mass is 430 g/mol. The van der Waals surface area contributed by atoms with E-state index in [2.05, 4.69) is 47.3 Å². The summed E-state index contributed by atoms with van der Waals surface area (Å²) in [5.74, 6) is -0.0254. The molecule has 0 aliphatic rings. The van der Waals surface area contributed by atoms with Crippen molar-refractivity contribution in [1.29, 1.82) is 0 Å². The van der Waals surface area contributed by atoms with E-state index in [0.29, 0.717) is 11.4 Å². The molecule has 31 heavy (non-hydrogen) atoms. The minimum atomic E-state index is -0.0575. The van der Waals surface area contributed by atoms with Crippen molar-refractivity contribution >= 4 is 28.4 Å². The van der Waals surface area contributed by atoms with Crippen molar-refractivity contribution in [2.45, 2.75) is 38.8 Å². The zero-order valence-electron chi connectivity index (χ0n) is 17.9. The Balaban J connectivity index is 1.68. The number of fused-ring (bicyclic) bond motifs is 1. The lowest BCUT2D eigenvalue weighted by Crippen LogP contribution is -2.28. The third-order valence-corrected chi connectivity index (χ3v) is 6.13. The van der Waals surface area contributed by atoms with Crippen LogP contribution >= 0.6 is 11.6 Å². The second-order valence-electron chi connectivity index (χ2n) is 7.90. The van der Waals surface area contributed by atoms with Gasteiger partial charge in [0, 0.05) is 41.0 Å². The van der Waals surface area contributed by atoms with Gasteiger partial charge in [0.05, 0.1) is 6.04 Å². The minimum absolute atomic E-state index is 0.0321. The van der Waals surface area contributed by atoms with Crippen LogP contribution in [-0.2, 0) is 11.3 Å². The zero-order valence-corrected chi connectivity index (χ0v) is 18.6. The number of amides is 1. The zero-order chi connectivity index (χ0) is 21.8. The maximum Gasteiger partial charge on any atom is 0.221 e. The predicted octanol–water partition coefficient (Wildman–Crippen LogP) is 6.71. The van der Waals surface area contributed by atoms with E-state index in [1.165, 1.54) is 16.5 Å². The summed E-state index contributed by atoms with van der Waals surface area (Å²) in [6, 6.07) is 26.2. The molecule has 4 aromatic rings. The summed E-state index contributed by atoms with van der Waals surface area (Å²) >= 11 is 6.14. The van der Waals surface area contributed by atoms with E-state index in [1.807, 2.05) is 61.5 Å². The van der Waals surface area contributed by atoms with E-state index in [0.717, 1.165) is 17.7 Å². The molecule has 0 saturated carbocycles. The molecule has 1 aromatic heterocycles. The highest BCUT2D eigenvalue weighted by Gasteiger charge is 2.23. The molecular weight excluding hydrogens is 404 g/mol. The van der Waals surface area contributed by atoms with Crippen LogP contribution in [0.4, 0.5) is 0 Å². The Hall–Kier alpha value is -3.04. The molecule has 0 aliphatic heterocycles. The fourth-order valence-electron chi connectivity index (χ4n) is 4.23. The fraction of sp³-hybridized carbons (Fsp3) is 0.222. The van der Waals surface area contributed by atoms with Crippen LogP contribution in [0.15, 0.2) is 85.1 Å². The van der Waals surface area contributed by atoms with Gasteiger partial charge in [-0.3, -0.25) is 4.79 Å². The number of aryl methyl sites for hydroxylation is 1. The van der Waals surface area contributed by atoms with E-state index in [-0.39, 0.29) is 17.9 Å². The first-order valence-corrected chi connectivity index (χ1v) is 11.1. The van der Waals surface area contributed by atoms with Crippen molar-refractivity contribution in [1.82, 2.24) is 9.88 Å². The second-order valence-corrected chi connectivity index (χ2v) is 8.33. The number of carbonyl (C=O) groups is 1. The van der Waals surface area contributed by atoms with E-state index >= 15 is 0 Å². The highest BCUT2D eigenvalue weighted by Crippen LogP contribution is 2.35. The lowest BCUT2D eigenvalue weighted by molar-refractivity contribution is -0.121. The number of rotatable bonds is 7. The van der Waals surface area contributed by atoms with Gasteiger partial charge in [-0.15, -0.1) is 0 Å². The first-order valence-electron chi connectivity index (χ1n) is 10.7. The van der Waals surface area contributed by atoms with Gasteiger partial charge in [0.1, 0.15) is 0 Å². The fourth-order valence-corrected chi connectivity index (χ4v) is 4.35. The van der Waals surface area contributed by atoms with Crippen LogP contribution in [0, 0.1) is 0 Å². The number of hydrogen-bond acceptors (Lipinski definition) is 1. The maximum absolute atomic E-state index is 13.1. The van der Waals surface area contributed by atoms with Crippen molar-refractivity contribution in [2.75, 3.05) is 0 Å². The van der Waals surface area contributed by atoms with Gasteiger partial charge in [-0.2, -0.15) is 0 Å². The highest BCUT2D eigenvalue weighted by atomic mass is 35.5. The predicted molar refractivity (Wildman–Crippen MR) is 129 cm³/mol. The average molecular weight is 431 g/mol. The molecule has 0 bridgehead atoms. The maximum atomic E-state index is 13.1. The lowest BCUT2D eigenvalue weighted by Gasteiger charge is -2.20. The third-order valence-electron chi connectivity index (χ3n) is 5.87. The molecule has 1 N–H and O–H groups in total. The van der Waals surface area contributed by atoms with Crippen molar-refractivity contribution in [2.24, 2.45) is 0 Å². The number of para-hydroxylation sites is 1. The Morgan fingerprint density at radius 2 is 1.61 bits per heavy atom. The number of hydrogen-bond donors (Lipinski definition) is 1. The van der Waals surface area contributed by atoms with Crippen LogP contribution in [-0.4, -0.2) is 10.5 Å². The van der Waals surface area contributed by atoms with Crippen LogP contribution in [0.25, 0.3) is 10.9 Å². The molecule has 1 amide bonds. The van der Waals surface area contributed by atoms with Crippen LogP contribution in [0.1, 0.15) is 48.9 Å². The van der Waals surface area contributed by atoms with E-state index < -0.39 is 0 Å². The Morgan fingerprint density at radius 1 is 0.935 bits per heavy atom. The Labute approximate surface area is 188 Å². The van der Waals surface area contributed by atoms with Gasteiger partial charge in [-0.25, -0.2) is 0 Å². The number of halogens is 1. The lowest BCUT2D eigenvalue weighted by atomic mass is 9.88. The standard InChI is InChI=1S/C27H27ClN2O/c1-3-30-18-25(23-11-7-8-12-26(23)30)24(21-13-15-22(28)16-14-21)17-27(31)29-19(2)20-9-5-4-6-10-20/h4-16,18-19,24H,3,17H2,1-2H3,(H,29,31)/t19-,24-/m1/s1. The van der Waals surface area contributed by atoms with Crippen molar-refractivity contribution in [3.8, 4) is 0 Å². The topological polar surface area (TPSA) is 34.0 Å². The highest BCUT2D eigenvalue weighted by molar-refractivity contribution is 6.30. The van der Waals surface area contributed by atoms with Crippen LogP contribution < -0.4 is 5.32 Å². The molecule has 0 radical (unpaired) electrons. The van der Waals surface area contributed by atoms with Crippen molar-refractivity contribution in [3.05, 3.63) is 107 Å². The molecule has 3 aromatic carbocycles. The summed E-state index contributed by atoms with van der Waals surface area (Å²) in [4.78, 5) is 13.1. The molecule has 3 nitrogen and oxygen atoms in total. The molecule has 4 rings (SSSR count). The minimum Gasteiger partial charge on any atom is -0.350 e. The van der Waals surface area contributed by atoms with E-state index in [1.54, 1.807) is 0 Å². The Kier molecular flexibility index (Phi) is 6.43. The first kappa shape index (κ1) is 21.2. The summed E-state index contributed by atoms with van der Waals surface area (Å²) < 4.78 is 2.25. The molecule has 2 atom stereocenters. The first-order chi connectivity index (χ1) is 15.1. The number of aromatic nitrogens is 1. The summed E-state index contributed by atoms with van der Waals surface area (Å²) in [6.45, 7) is 5.04. The smallest absolute Gasteiger partial charge is 0.221 e. The largest absolute Gasteiger partial charge is 0.350 e. The van der Waals surface area contributed by atoms with Gasteiger partial charge in [-0.1, -0.05) is 72.3 Å². The molecule has 4 heteroatoms. The van der Waals surface area contributed by atoms with Gasteiger partial charge in [0.15, 0.2) is 0 Å². The van der Waals surface area contributed by atoms with Gasteiger partial charge < -0.3 is 9.88 Å². The summed E-state index contributed by atoms with van der Waals surface area (Å²) in [5.41, 5.74) is 4.55. The molecular formula is C27H27ClN2O. The molecule has 0 spiro atoms. The van der Waals surface area contributed by atoms with E-state index in [9.17, 15) is 4.79 Å². The molecule has 0 saturated heterocycles. The molecule has 0 fully saturated rings. The quantitative estimate of drug-likeness (QED) is 0.347. The Bertz CT molecular complexity index is 1170. The normalized spacial score (nSPS) is 13.1. The van der Waals surface area contributed by atoms with Crippen LogP contribution in [0.3, 0.4) is 0 Å². The Morgan fingerprint density at radius 3 is 2.32 bits per heavy atom. The number of nitrogens with zero attached hydrogens (tertiary/aromatic N) is 1. The second kappa shape index (κ2) is 9.40. The molecule has 158 valence electrons. The number of nitrogens with one attached hydrogen (secondary N) is 1. The van der Waals surface area contributed by atoms with Gasteiger partial charge >= 0.3 is 0 Å². The number of carbonyl (C=O) groups excluding carboxylic acids is 1. The summed E-state index contributed by atoms with van der Waals surface area (Å²) in [6.07, 6.45) is 2.56. The molecule has 0 aliphatic carbocycles. The molecule has 0 unspecified atom stereocenters. The molecule has 1 heterocycles. The number of benzene rings is 3. The summed E-state index contributed by atoms with van der Waals surface area (Å²) in [7, 11) is 0. The third kappa shape index (κ3) is 4.67. The van der Waals surface area contributed by atoms with Crippen LogP contribution in [0.2, 0.25) is 5.02 Å². The van der Waals surface area contributed by atoms with Crippen molar-refractivity contribution < 1.29 is 4.79 Å². The van der Waals surface area contributed by atoms with Gasteiger partial charge in [-0.05, 0) is 48.7 Å². The van der Waals surface area contributed by atoms with Gasteiger partial charge in [0.25, 0.3) is 0 Å². The SMILES string of the molecule is CCn1cc([C@H](CC(=O)N[C@H](C)c2ccccc2)c2ccc(Cl)cc2)c2ccccc21. The summed E-state index contributed by atoms with van der Waals surface area (Å²) in [5, 5.41) is 5.06. The average Bonchev–Trinajstić information content (AvgIpc) is 3.17. The van der Waals surface area contributed by atoms with Gasteiger partial charge in [0.2, 0.25) is 5.91 Å². The van der Waals surface area contributed by atoms with E-state index in [4.69, 9.17) is 11.6 Å². The van der Waals surface area contributed by atoms with Crippen LogP contribution in [0.5, 0.6) is 0 Å².